The van der Waals surface area contributed by atoms with Gasteiger partial charge in [0, 0.05) is 11.3 Å². The summed E-state index contributed by atoms with van der Waals surface area (Å²) < 4.78 is 0. The van der Waals surface area contributed by atoms with Crippen molar-refractivity contribution in [3.05, 3.63) is 29.8 Å². The minimum atomic E-state index is -0.795. The van der Waals surface area contributed by atoms with Crippen molar-refractivity contribution in [1.82, 2.24) is 10.6 Å². The molecule has 3 amide bonds. The minimum Gasteiger partial charge on any atom is -0.399 e. The van der Waals surface area contributed by atoms with Crippen LogP contribution in [0.2, 0.25) is 0 Å². The van der Waals surface area contributed by atoms with Crippen LogP contribution >= 0.6 is 13.5 Å². The second-order valence-electron chi connectivity index (χ2n) is 3.77. The number of hydrogen-bond donors (Lipinski definition) is 3. The van der Waals surface area contributed by atoms with E-state index in [1.807, 2.05) is 0 Å². The number of carbonyl (C=O) groups excluding carboxylic acids is 3. The fourth-order valence-corrected chi connectivity index (χ4v) is 1.59. The van der Waals surface area contributed by atoms with Crippen LogP contribution in [0, 0.1) is 0 Å². The van der Waals surface area contributed by atoms with Gasteiger partial charge >= 0.3 is 0 Å². The molecule has 0 saturated carbocycles. The van der Waals surface area contributed by atoms with Crippen LogP contribution in [0.25, 0.3) is 0 Å². The van der Waals surface area contributed by atoms with E-state index >= 15 is 0 Å². The molecule has 1 aliphatic rings. The molecule has 1 saturated heterocycles. The number of rotatable bonds is 2. The van der Waals surface area contributed by atoms with E-state index in [0.717, 1.165) is 0 Å². The molecule has 7 heteroatoms. The molecule has 6 nitrogen and oxygen atoms in total. The number of imide groups is 1. The van der Waals surface area contributed by atoms with E-state index in [1.54, 1.807) is 18.2 Å². The van der Waals surface area contributed by atoms with Crippen molar-refractivity contribution in [2.45, 2.75) is 12.5 Å². The van der Waals surface area contributed by atoms with Gasteiger partial charge in [-0.05, 0) is 18.2 Å². The summed E-state index contributed by atoms with van der Waals surface area (Å²) in [6, 6.07) is 5.59. The van der Waals surface area contributed by atoms with Gasteiger partial charge in [0.1, 0.15) is 6.04 Å². The van der Waals surface area contributed by atoms with Crippen molar-refractivity contribution in [2.24, 2.45) is 0 Å². The molecule has 2 rings (SSSR count). The first-order valence-corrected chi connectivity index (χ1v) is 5.06. The zero-order chi connectivity index (χ0) is 12.4. The van der Waals surface area contributed by atoms with Crippen LogP contribution < -0.4 is 16.4 Å². The predicted molar refractivity (Wildman–Crippen MR) is 70.3 cm³/mol. The predicted octanol–water partition coefficient (Wildman–Crippen LogP) is -0.473. The van der Waals surface area contributed by atoms with Crippen molar-refractivity contribution in [3.63, 3.8) is 0 Å². The molecule has 1 aliphatic heterocycles. The minimum absolute atomic E-state index is 0. The van der Waals surface area contributed by atoms with Crippen molar-refractivity contribution < 1.29 is 14.4 Å². The molecule has 1 aromatic carbocycles. The van der Waals surface area contributed by atoms with Gasteiger partial charge in [-0.25, -0.2) is 0 Å². The third-order valence-electron chi connectivity index (χ3n) is 2.42. The van der Waals surface area contributed by atoms with Gasteiger partial charge in [-0.3, -0.25) is 19.7 Å². The van der Waals surface area contributed by atoms with Crippen molar-refractivity contribution >= 4 is 36.9 Å². The van der Waals surface area contributed by atoms with Crippen molar-refractivity contribution in [3.8, 4) is 0 Å². The Kier molecular flexibility index (Phi) is 4.33. The van der Waals surface area contributed by atoms with Crippen LogP contribution in [0.5, 0.6) is 0 Å². The van der Waals surface area contributed by atoms with Gasteiger partial charge in [0.15, 0.2) is 0 Å². The highest BCUT2D eigenvalue weighted by Crippen LogP contribution is 2.08. The molecular formula is C11H13N3O3S. The summed E-state index contributed by atoms with van der Waals surface area (Å²) in [7, 11) is 0. The average molecular weight is 267 g/mol. The van der Waals surface area contributed by atoms with E-state index in [0.29, 0.717) is 11.3 Å². The first kappa shape index (κ1) is 14.0. The number of nitrogen functional groups attached to an aromatic ring is 1. The number of amides is 3. The molecule has 96 valence electrons. The van der Waals surface area contributed by atoms with Gasteiger partial charge in [0.2, 0.25) is 11.8 Å². The average Bonchev–Trinajstić information content (AvgIpc) is 2.57. The fraction of sp³-hybridized carbons (Fsp3) is 0.182. The van der Waals surface area contributed by atoms with E-state index in [-0.39, 0.29) is 25.8 Å². The number of nitrogens with two attached hydrogens (primary N) is 1. The van der Waals surface area contributed by atoms with E-state index in [2.05, 4.69) is 10.6 Å². The summed E-state index contributed by atoms with van der Waals surface area (Å²) >= 11 is 0. The molecule has 4 N–H and O–H groups in total. The van der Waals surface area contributed by atoms with Crippen LogP contribution in [0.3, 0.4) is 0 Å². The Labute approximate surface area is 110 Å². The van der Waals surface area contributed by atoms with Gasteiger partial charge < -0.3 is 11.1 Å². The summed E-state index contributed by atoms with van der Waals surface area (Å²) in [4.78, 5) is 33.9. The Morgan fingerprint density at radius 3 is 2.67 bits per heavy atom. The molecule has 1 fully saturated rings. The molecule has 1 atom stereocenters. The molecular weight excluding hydrogens is 254 g/mol. The lowest BCUT2D eigenvalue weighted by molar-refractivity contribution is -0.125. The van der Waals surface area contributed by atoms with Gasteiger partial charge in [0.25, 0.3) is 5.91 Å². The third-order valence-corrected chi connectivity index (χ3v) is 2.42. The second kappa shape index (κ2) is 5.54. The first-order chi connectivity index (χ1) is 8.06. The maximum atomic E-state index is 11.7. The summed E-state index contributed by atoms with van der Waals surface area (Å²) in [6.45, 7) is 0. The molecule has 0 aliphatic carbocycles. The lowest BCUT2D eigenvalue weighted by atomic mass is 10.1. The molecule has 0 aromatic heterocycles. The number of anilines is 1. The van der Waals surface area contributed by atoms with Crippen molar-refractivity contribution in [1.29, 1.82) is 0 Å². The van der Waals surface area contributed by atoms with Gasteiger partial charge in [-0.1, -0.05) is 6.07 Å². The SMILES string of the molecule is Nc1cccc(C(=O)N[C@H]2CC(=O)NC2=O)c1.S. The zero-order valence-electron chi connectivity index (χ0n) is 9.40. The molecule has 0 radical (unpaired) electrons. The number of benzene rings is 1. The number of nitrogens with one attached hydrogen (secondary N) is 2. The summed E-state index contributed by atoms with van der Waals surface area (Å²) in [5, 5.41) is 4.59. The molecule has 0 bridgehead atoms. The maximum absolute atomic E-state index is 11.7. The lowest BCUT2D eigenvalue weighted by Crippen LogP contribution is -2.40. The van der Waals surface area contributed by atoms with E-state index in [4.69, 9.17) is 5.73 Å². The van der Waals surface area contributed by atoms with Crippen LogP contribution in [-0.4, -0.2) is 23.8 Å². The fourth-order valence-electron chi connectivity index (χ4n) is 1.59. The highest BCUT2D eigenvalue weighted by atomic mass is 32.1. The highest BCUT2D eigenvalue weighted by Gasteiger charge is 2.31. The van der Waals surface area contributed by atoms with Gasteiger partial charge in [-0.2, -0.15) is 13.5 Å². The van der Waals surface area contributed by atoms with E-state index < -0.39 is 17.9 Å². The molecule has 1 aromatic rings. The standard InChI is InChI=1S/C11H11N3O3.H2S/c12-7-3-1-2-6(4-7)10(16)13-8-5-9(15)14-11(8)17;/h1-4,8H,5,12H2,(H,13,16)(H,14,15,17);1H2/t8-;/m0./s1. The second-order valence-corrected chi connectivity index (χ2v) is 3.77. The maximum Gasteiger partial charge on any atom is 0.252 e. The number of hydrogen-bond acceptors (Lipinski definition) is 4. The third kappa shape index (κ3) is 3.01. The normalized spacial score (nSPS) is 17.9. The van der Waals surface area contributed by atoms with Gasteiger partial charge in [-0.15, -0.1) is 0 Å². The Balaban J connectivity index is 0.00000162. The molecule has 0 spiro atoms. The molecule has 1 heterocycles. The molecule has 18 heavy (non-hydrogen) atoms. The highest BCUT2D eigenvalue weighted by molar-refractivity contribution is 7.59. The van der Waals surface area contributed by atoms with Gasteiger partial charge in [0.05, 0.1) is 6.42 Å². The Morgan fingerprint density at radius 1 is 1.39 bits per heavy atom. The van der Waals surface area contributed by atoms with Crippen LogP contribution in [0.1, 0.15) is 16.8 Å². The lowest BCUT2D eigenvalue weighted by Gasteiger charge is -2.09. The van der Waals surface area contributed by atoms with Crippen LogP contribution in [-0.2, 0) is 9.59 Å². The monoisotopic (exact) mass is 267 g/mol. The summed E-state index contributed by atoms with van der Waals surface area (Å²) in [6.07, 6.45) is -0.0209. The first-order valence-electron chi connectivity index (χ1n) is 5.06. The number of carbonyl (C=O) groups is 3. The summed E-state index contributed by atoms with van der Waals surface area (Å²) in [5.74, 6) is -1.28. The Bertz CT molecular complexity index is 504. The van der Waals surface area contributed by atoms with E-state index in [1.165, 1.54) is 6.07 Å². The molecule has 0 unspecified atom stereocenters. The Morgan fingerprint density at radius 2 is 2.11 bits per heavy atom. The van der Waals surface area contributed by atoms with E-state index in [9.17, 15) is 14.4 Å². The summed E-state index contributed by atoms with van der Waals surface area (Å²) in [5.41, 5.74) is 6.36. The zero-order valence-corrected chi connectivity index (χ0v) is 10.4. The topological polar surface area (TPSA) is 101 Å². The smallest absolute Gasteiger partial charge is 0.252 e. The van der Waals surface area contributed by atoms with Crippen molar-refractivity contribution in [2.75, 3.05) is 5.73 Å². The quantitative estimate of drug-likeness (QED) is 0.498. The van der Waals surface area contributed by atoms with Crippen LogP contribution in [0.15, 0.2) is 24.3 Å². The van der Waals surface area contributed by atoms with Crippen LogP contribution in [0.4, 0.5) is 5.69 Å². The Hall–Kier alpha value is -2.02. The largest absolute Gasteiger partial charge is 0.399 e.